The topological polar surface area (TPSA) is 138 Å². The molecule has 1 aromatic rings. The number of hydrogen-bond acceptors (Lipinski definition) is 6. The van der Waals surface area contributed by atoms with Crippen molar-refractivity contribution in [2.24, 2.45) is 0 Å². The highest BCUT2D eigenvalue weighted by Crippen LogP contribution is 2.30. The third kappa shape index (κ3) is 3.27. The minimum Gasteiger partial charge on any atom is -0.505 e. The first-order chi connectivity index (χ1) is 9.62. The lowest BCUT2D eigenvalue weighted by Crippen LogP contribution is -2.29. The number of carboxylic acids is 1. The molecule has 1 aromatic carbocycles. The Hall–Kier alpha value is -1.81. The molecule has 1 aliphatic heterocycles. The van der Waals surface area contributed by atoms with E-state index in [2.05, 4.69) is 4.72 Å². The summed E-state index contributed by atoms with van der Waals surface area (Å²) in [7, 11) is -7.41. The largest absolute Gasteiger partial charge is 0.505 e. The van der Waals surface area contributed by atoms with Crippen LogP contribution in [0.15, 0.2) is 18.2 Å². The minimum atomic E-state index is -4.03. The molecule has 1 saturated heterocycles. The molecule has 21 heavy (non-hydrogen) atoms. The average molecular weight is 335 g/mol. The van der Waals surface area contributed by atoms with Gasteiger partial charge in [0.15, 0.2) is 15.6 Å². The molecular formula is C11H13NO7S2. The smallest absolute Gasteiger partial charge is 0.339 e. The highest BCUT2D eigenvalue weighted by molar-refractivity contribution is 7.97. The first-order valence-corrected chi connectivity index (χ1v) is 9.26. The second kappa shape index (κ2) is 5.19. The summed E-state index contributed by atoms with van der Waals surface area (Å²) in [5, 5.41) is 17.5. The van der Waals surface area contributed by atoms with E-state index in [4.69, 9.17) is 5.11 Å². The Morgan fingerprint density at radius 1 is 1.33 bits per heavy atom. The molecule has 1 unspecified atom stereocenters. The molecule has 0 radical (unpaired) electrons. The second-order valence-corrected chi connectivity index (χ2v) is 8.87. The van der Waals surface area contributed by atoms with E-state index in [1.165, 1.54) is 12.1 Å². The Kier molecular flexibility index (Phi) is 3.85. The number of carboxylic acid groups (broad SMARTS) is 1. The van der Waals surface area contributed by atoms with Crippen LogP contribution in [0.1, 0.15) is 16.8 Å². The molecule has 0 aromatic heterocycles. The van der Waals surface area contributed by atoms with Crippen molar-refractivity contribution in [3.8, 4) is 5.75 Å². The second-order valence-electron chi connectivity index (χ2n) is 4.68. The normalized spacial score (nSPS) is 21.0. The van der Waals surface area contributed by atoms with Crippen LogP contribution in [0.2, 0.25) is 0 Å². The van der Waals surface area contributed by atoms with E-state index in [1.54, 1.807) is 0 Å². The number of sulfone groups is 1. The van der Waals surface area contributed by atoms with E-state index in [0.29, 0.717) is 0 Å². The predicted octanol–water partition coefficient (Wildman–Crippen LogP) is 0.0192. The summed E-state index contributed by atoms with van der Waals surface area (Å²) in [4.78, 5) is 10.9. The summed E-state index contributed by atoms with van der Waals surface area (Å²) in [5.41, 5.74) is -0.742. The molecule has 1 atom stereocenters. The van der Waals surface area contributed by atoms with Crippen LogP contribution in [0.5, 0.6) is 5.75 Å². The number of anilines is 1. The zero-order valence-corrected chi connectivity index (χ0v) is 12.3. The van der Waals surface area contributed by atoms with Crippen molar-refractivity contribution in [1.82, 2.24) is 0 Å². The quantitative estimate of drug-likeness (QED) is 0.659. The fourth-order valence-corrected chi connectivity index (χ4v) is 6.14. The Labute approximate surface area is 121 Å². The van der Waals surface area contributed by atoms with Crippen LogP contribution >= 0.6 is 0 Å². The van der Waals surface area contributed by atoms with Gasteiger partial charge >= 0.3 is 5.97 Å². The van der Waals surface area contributed by atoms with Gasteiger partial charge in [-0.1, -0.05) is 6.07 Å². The van der Waals surface area contributed by atoms with Crippen molar-refractivity contribution in [3.05, 3.63) is 23.8 Å². The maximum Gasteiger partial charge on any atom is 0.339 e. The monoisotopic (exact) mass is 335 g/mol. The maximum absolute atomic E-state index is 12.1. The van der Waals surface area contributed by atoms with Crippen LogP contribution in [0.4, 0.5) is 5.69 Å². The molecule has 116 valence electrons. The van der Waals surface area contributed by atoms with Crippen molar-refractivity contribution >= 4 is 31.5 Å². The zero-order valence-electron chi connectivity index (χ0n) is 10.7. The Morgan fingerprint density at radius 2 is 2.00 bits per heavy atom. The molecule has 0 spiro atoms. The summed E-state index contributed by atoms with van der Waals surface area (Å²) in [6.07, 6.45) is -0.0307. The van der Waals surface area contributed by atoms with E-state index in [0.717, 1.165) is 6.07 Å². The SMILES string of the molecule is O=C(O)c1cccc(NS(=O)(=O)C2CCS(=O)(=O)C2)c1O. The van der Waals surface area contributed by atoms with Crippen LogP contribution < -0.4 is 4.72 Å². The first-order valence-electron chi connectivity index (χ1n) is 5.90. The van der Waals surface area contributed by atoms with Gasteiger partial charge in [0.1, 0.15) is 5.56 Å². The van der Waals surface area contributed by atoms with Gasteiger partial charge in [0.2, 0.25) is 10.0 Å². The van der Waals surface area contributed by atoms with Gasteiger partial charge in [0.25, 0.3) is 0 Å². The van der Waals surface area contributed by atoms with E-state index in [1.807, 2.05) is 0 Å². The Morgan fingerprint density at radius 3 is 2.52 bits per heavy atom. The van der Waals surface area contributed by atoms with Crippen molar-refractivity contribution in [2.75, 3.05) is 16.2 Å². The Bertz CT molecular complexity index is 783. The summed E-state index contributed by atoms with van der Waals surface area (Å²) >= 11 is 0. The lowest BCUT2D eigenvalue weighted by atomic mass is 10.2. The molecule has 1 fully saturated rings. The summed E-state index contributed by atoms with van der Waals surface area (Å²) in [6.45, 7) is 0. The number of sulfonamides is 1. The van der Waals surface area contributed by atoms with E-state index in [9.17, 15) is 26.7 Å². The third-order valence-electron chi connectivity index (χ3n) is 3.15. The Balaban J connectivity index is 2.30. The molecule has 3 N–H and O–H groups in total. The number of nitrogens with one attached hydrogen (secondary N) is 1. The first kappa shape index (κ1) is 15.6. The lowest BCUT2D eigenvalue weighted by Gasteiger charge is -2.14. The number of para-hydroxylation sites is 1. The molecule has 0 amide bonds. The molecular weight excluding hydrogens is 322 g/mol. The summed E-state index contributed by atoms with van der Waals surface area (Å²) in [6, 6.07) is 3.59. The van der Waals surface area contributed by atoms with Crippen LogP contribution in [0.3, 0.4) is 0 Å². The molecule has 1 heterocycles. The minimum absolute atomic E-state index is 0.0307. The molecule has 0 aliphatic carbocycles. The molecule has 1 aliphatic rings. The lowest BCUT2D eigenvalue weighted by molar-refractivity contribution is 0.0694. The third-order valence-corrected chi connectivity index (χ3v) is 6.91. The summed E-state index contributed by atoms with van der Waals surface area (Å²) in [5.74, 6) is -2.81. The van der Waals surface area contributed by atoms with Crippen LogP contribution in [-0.4, -0.2) is 49.8 Å². The number of carbonyl (C=O) groups is 1. The molecule has 8 nitrogen and oxygen atoms in total. The van der Waals surface area contributed by atoms with Crippen molar-refractivity contribution in [3.63, 3.8) is 0 Å². The molecule has 10 heteroatoms. The van der Waals surface area contributed by atoms with Crippen LogP contribution in [0, 0.1) is 0 Å². The number of phenols is 1. The van der Waals surface area contributed by atoms with Gasteiger partial charge in [0, 0.05) is 0 Å². The summed E-state index contributed by atoms with van der Waals surface area (Å²) < 4.78 is 48.9. The van der Waals surface area contributed by atoms with Gasteiger partial charge < -0.3 is 10.2 Å². The van der Waals surface area contributed by atoms with E-state index >= 15 is 0 Å². The number of rotatable bonds is 4. The van der Waals surface area contributed by atoms with Gasteiger partial charge in [-0.2, -0.15) is 0 Å². The molecule has 0 saturated carbocycles. The van der Waals surface area contributed by atoms with Gasteiger partial charge in [-0.25, -0.2) is 21.6 Å². The maximum atomic E-state index is 12.1. The van der Waals surface area contributed by atoms with Crippen LogP contribution in [0.25, 0.3) is 0 Å². The predicted molar refractivity (Wildman–Crippen MR) is 74.7 cm³/mol. The zero-order chi connectivity index (χ0) is 15.8. The van der Waals surface area contributed by atoms with Gasteiger partial charge in [-0.3, -0.25) is 4.72 Å². The van der Waals surface area contributed by atoms with Gasteiger partial charge in [-0.05, 0) is 18.6 Å². The van der Waals surface area contributed by atoms with Crippen molar-refractivity contribution in [1.29, 1.82) is 0 Å². The van der Waals surface area contributed by atoms with Crippen molar-refractivity contribution in [2.45, 2.75) is 11.7 Å². The van der Waals surface area contributed by atoms with Gasteiger partial charge in [-0.15, -0.1) is 0 Å². The molecule has 0 bridgehead atoms. The van der Waals surface area contributed by atoms with Crippen LogP contribution in [-0.2, 0) is 19.9 Å². The van der Waals surface area contributed by atoms with Gasteiger partial charge in [0.05, 0.1) is 22.4 Å². The average Bonchev–Trinajstić information content (AvgIpc) is 2.72. The van der Waals surface area contributed by atoms with E-state index < -0.39 is 48.1 Å². The fraction of sp³-hybridized carbons (Fsp3) is 0.364. The van der Waals surface area contributed by atoms with Crippen molar-refractivity contribution < 1.29 is 31.8 Å². The number of hydrogen-bond donors (Lipinski definition) is 3. The highest BCUT2D eigenvalue weighted by Gasteiger charge is 2.37. The number of aromatic carboxylic acids is 1. The number of aromatic hydroxyl groups is 1. The fourth-order valence-electron chi connectivity index (χ4n) is 2.04. The number of benzene rings is 1. The highest BCUT2D eigenvalue weighted by atomic mass is 32.2. The standard InChI is InChI=1S/C11H13NO7S2/c13-10-8(11(14)15)2-1-3-9(10)12-21(18,19)7-4-5-20(16,17)6-7/h1-3,7,12-13H,4-6H2,(H,14,15). The van der Waals surface area contributed by atoms with E-state index in [-0.39, 0.29) is 17.9 Å². The molecule has 2 rings (SSSR count).